The van der Waals surface area contributed by atoms with Crippen molar-refractivity contribution >= 4 is 15.9 Å². The summed E-state index contributed by atoms with van der Waals surface area (Å²) < 4.78 is 8.74. The number of aromatic nitrogens is 3. The predicted molar refractivity (Wildman–Crippen MR) is 81.5 cm³/mol. The number of para-hydroxylation sites is 1. The molecule has 6 heteroatoms. The van der Waals surface area contributed by atoms with Gasteiger partial charge in [0.05, 0.1) is 4.47 Å². The SMILES string of the molecule is CCCn1ncnc1COc1c(Br)cccc1CCN. The summed E-state index contributed by atoms with van der Waals surface area (Å²) in [6.45, 7) is 3.96. The average molecular weight is 339 g/mol. The summed E-state index contributed by atoms with van der Waals surface area (Å²) in [7, 11) is 0. The van der Waals surface area contributed by atoms with Crippen molar-refractivity contribution in [2.24, 2.45) is 5.73 Å². The summed E-state index contributed by atoms with van der Waals surface area (Å²) in [4.78, 5) is 4.24. The van der Waals surface area contributed by atoms with Gasteiger partial charge in [-0.25, -0.2) is 9.67 Å². The van der Waals surface area contributed by atoms with Crippen LogP contribution in [0.15, 0.2) is 29.0 Å². The van der Waals surface area contributed by atoms with E-state index >= 15 is 0 Å². The fourth-order valence-corrected chi connectivity index (χ4v) is 2.52. The van der Waals surface area contributed by atoms with Crippen molar-refractivity contribution in [1.82, 2.24) is 14.8 Å². The number of halogens is 1. The number of aryl methyl sites for hydroxylation is 1. The Hall–Kier alpha value is -1.40. The van der Waals surface area contributed by atoms with Crippen LogP contribution < -0.4 is 10.5 Å². The maximum Gasteiger partial charge on any atom is 0.164 e. The first-order valence-electron chi connectivity index (χ1n) is 6.73. The molecule has 0 atom stereocenters. The number of ether oxygens (including phenoxy) is 1. The van der Waals surface area contributed by atoms with Gasteiger partial charge in [-0.15, -0.1) is 0 Å². The fourth-order valence-electron chi connectivity index (χ4n) is 2.00. The summed E-state index contributed by atoms with van der Waals surface area (Å²) >= 11 is 3.52. The normalized spacial score (nSPS) is 10.8. The number of nitrogens with zero attached hydrogens (tertiary/aromatic N) is 3. The molecule has 0 spiro atoms. The Kier molecular flexibility index (Phi) is 5.55. The van der Waals surface area contributed by atoms with Gasteiger partial charge in [0, 0.05) is 6.54 Å². The largest absolute Gasteiger partial charge is 0.484 e. The summed E-state index contributed by atoms with van der Waals surface area (Å²) in [6.07, 6.45) is 3.37. The van der Waals surface area contributed by atoms with E-state index in [0.717, 1.165) is 41.0 Å². The standard InChI is InChI=1S/C14H19BrN4O/c1-2-8-19-13(17-10-18-19)9-20-14-11(6-7-16)4-3-5-12(14)15/h3-5,10H,2,6-9,16H2,1H3. The van der Waals surface area contributed by atoms with E-state index in [1.807, 2.05) is 22.9 Å². The third kappa shape index (κ3) is 3.58. The van der Waals surface area contributed by atoms with E-state index in [0.29, 0.717) is 13.2 Å². The molecule has 1 heterocycles. The number of hydrogen-bond acceptors (Lipinski definition) is 4. The van der Waals surface area contributed by atoms with E-state index in [1.165, 1.54) is 0 Å². The van der Waals surface area contributed by atoms with Gasteiger partial charge < -0.3 is 10.5 Å². The van der Waals surface area contributed by atoms with Gasteiger partial charge in [-0.2, -0.15) is 5.10 Å². The maximum atomic E-state index is 5.93. The van der Waals surface area contributed by atoms with E-state index in [1.54, 1.807) is 6.33 Å². The highest BCUT2D eigenvalue weighted by atomic mass is 79.9. The second kappa shape index (κ2) is 7.40. The molecule has 2 aromatic rings. The molecule has 1 aromatic carbocycles. The van der Waals surface area contributed by atoms with Crippen LogP contribution in [0.4, 0.5) is 0 Å². The maximum absolute atomic E-state index is 5.93. The van der Waals surface area contributed by atoms with Gasteiger partial charge in [0.1, 0.15) is 18.7 Å². The van der Waals surface area contributed by atoms with Crippen LogP contribution in [-0.2, 0) is 19.6 Å². The van der Waals surface area contributed by atoms with Crippen LogP contribution in [-0.4, -0.2) is 21.3 Å². The van der Waals surface area contributed by atoms with Crippen molar-refractivity contribution in [3.8, 4) is 5.75 Å². The lowest BCUT2D eigenvalue weighted by molar-refractivity contribution is 0.281. The molecule has 0 saturated carbocycles. The molecule has 20 heavy (non-hydrogen) atoms. The molecule has 0 aliphatic carbocycles. The summed E-state index contributed by atoms with van der Waals surface area (Å²) in [5.41, 5.74) is 6.74. The smallest absolute Gasteiger partial charge is 0.164 e. The average Bonchev–Trinajstić information content (AvgIpc) is 2.86. The lowest BCUT2D eigenvalue weighted by atomic mass is 10.1. The molecule has 0 radical (unpaired) electrons. The third-order valence-corrected chi connectivity index (χ3v) is 3.56. The van der Waals surface area contributed by atoms with Crippen molar-refractivity contribution in [2.75, 3.05) is 6.54 Å². The number of benzene rings is 1. The minimum Gasteiger partial charge on any atom is -0.484 e. The highest BCUT2D eigenvalue weighted by Crippen LogP contribution is 2.29. The van der Waals surface area contributed by atoms with E-state index in [2.05, 4.69) is 32.9 Å². The molecule has 2 rings (SSSR count). The van der Waals surface area contributed by atoms with Crippen molar-refractivity contribution < 1.29 is 4.74 Å². The molecule has 0 bridgehead atoms. The molecule has 1 aromatic heterocycles. The first-order valence-corrected chi connectivity index (χ1v) is 7.52. The van der Waals surface area contributed by atoms with Crippen LogP contribution >= 0.6 is 15.9 Å². The van der Waals surface area contributed by atoms with Gasteiger partial charge in [0.15, 0.2) is 5.82 Å². The monoisotopic (exact) mass is 338 g/mol. The minimum absolute atomic E-state index is 0.403. The highest BCUT2D eigenvalue weighted by molar-refractivity contribution is 9.10. The van der Waals surface area contributed by atoms with Crippen molar-refractivity contribution in [3.05, 3.63) is 40.4 Å². The molecule has 0 unspecified atom stereocenters. The van der Waals surface area contributed by atoms with Gasteiger partial charge in [0.2, 0.25) is 0 Å². The highest BCUT2D eigenvalue weighted by Gasteiger charge is 2.10. The van der Waals surface area contributed by atoms with Crippen molar-refractivity contribution in [3.63, 3.8) is 0 Å². The second-order valence-electron chi connectivity index (χ2n) is 4.45. The third-order valence-electron chi connectivity index (χ3n) is 2.94. The molecule has 0 aliphatic rings. The Labute approximate surface area is 127 Å². The Morgan fingerprint density at radius 1 is 1.40 bits per heavy atom. The Morgan fingerprint density at radius 2 is 2.25 bits per heavy atom. The van der Waals surface area contributed by atoms with Gasteiger partial charge in [-0.1, -0.05) is 19.1 Å². The molecular weight excluding hydrogens is 320 g/mol. The van der Waals surface area contributed by atoms with Crippen LogP contribution in [0.5, 0.6) is 5.75 Å². The van der Waals surface area contributed by atoms with Crippen molar-refractivity contribution in [1.29, 1.82) is 0 Å². The molecule has 0 fully saturated rings. The zero-order chi connectivity index (χ0) is 14.4. The zero-order valence-electron chi connectivity index (χ0n) is 11.6. The van der Waals surface area contributed by atoms with Crippen LogP contribution in [0, 0.1) is 0 Å². The summed E-state index contributed by atoms with van der Waals surface area (Å²) in [6, 6.07) is 5.98. The Morgan fingerprint density at radius 3 is 3.00 bits per heavy atom. The van der Waals surface area contributed by atoms with E-state index in [9.17, 15) is 0 Å². The number of rotatable bonds is 7. The van der Waals surface area contributed by atoms with Crippen LogP contribution in [0.25, 0.3) is 0 Å². The molecule has 0 aliphatic heterocycles. The van der Waals surface area contributed by atoms with E-state index < -0.39 is 0 Å². The first-order chi connectivity index (χ1) is 9.76. The fraction of sp³-hybridized carbons (Fsp3) is 0.429. The minimum atomic E-state index is 0.403. The van der Waals surface area contributed by atoms with Gasteiger partial charge in [0.25, 0.3) is 0 Å². The molecular formula is C14H19BrN4O. The van der Waals surface area contributed by atoms with E-state index in [-0.39, 0.29) is 0 Å². The molecule has 108 valence electrons. The lowest BCUT2D eigenvalue weighted by Gasteiger charge is -2.13. The second-order valence-corrected chi connectivity index (χ2v) is 5.31. The van der Waals surface area contributed by atoms with Crippen LogP contribution in [0.3, 0.4) is 0 Å². The van der Waals surface area contributed by atoms with E-state index in [4.69, 9.17) is 10.5 Å². The number of nitrogens with two attached hydrogens (primary N) is 1. The summed E-state index contributed by atoms with van der Waals surface area (Å²) in [5.74, 6) is 1.67. The molecule has 5 nitrogen and oxygen atoms in total. The van der Waals surface area contributed by atoms with Crippen LogP contribution in [0.1, 0.15) is 24.7 Å². The van der Waals surface area contributed by atoms with Crippen LogP contribution in [0.2, 0.25) is 0 Å². The molecule has 2 N–H and O–H groups in total. The Balaban J connectivity index is 2.12. The van der Waals surface area contributed by atoms with Gasteiger partial charge >= 0.3 is 0 Å². The van der Waals surface area contributed by atoms with Gasteiger partial charge in [-0.3, -0.25) is 0 Å². The lowest BCUT2D eigenvalue weighted by Crippen LogP contribution is -2.10. The van der Waals surface area contributed by atoms with Gasteiger partial charge in [-0.05, 0) is 46.9 Å². The summed E-state index contributed by atoms with van der Waals surface area (Å²) in [5, 5.41) is 4.19. The topological polar surface area (TPSA) is 66.0 Å². The molecule has 0 amide bonds. The first kappa shape index (κ1) is 15.0. The van der Waals surface area contributed by atoms with Crippen molar-refractivity contribution in [2.45, 2.75) is 32.9 Å². The predicted octanol–water partition coefficient (Wildman–Crippen LogP) is 2.53. The Bertz CT molecular complexity index is 556. The number of hydrogen-bond donors (Lipinski definition) is 1. The quantitative estimate of drug-likeness (QED) is 0.842. The zero-order valence-corrected chi connectivity index (χ0v) is 13.1. The molecule has 0 saturated heterocycles.